The smallest absolute Gasteiger partial charge is 0.319 e. The Morgan fingerprint density at radius 1 is 1.22 bits per heavy atom. The van der Waals surface area contributed by atoms with Crippen molar-refractivity contribution in [2.45, 2.75) is 37.8 Å². The van der Waals surface area contributed by atoms with E-state index in [9.17, 15) is 19.6 Å². The molecule has 2 heterocycles. The molecule has 0 unspecified atom stereocenters. The van der Waals surface area contributed by atoms with Crippen LogP contribution in [0.15, 0.2) is 42.6 Å². The number of pyridine rings is 1. The lowest BCUT2D eigenvalue weighted by Crippen LogP contribution is -2.33. The number of anilines is 1. The summed E-state index contributed by atoms with van der Waals surface area (Å²) in [5.74, 6) is 0.296. The van der Waals surface area contributed by atoms with E-state index in [2.05, 4.69) is 26.6 Å². The molecule has 1 saturated heterocycles. The molecule has 1 aliphatic heterocycles. The third-order valence-electron chi connectivity index (χ3n) is 6.35. The number of urea groups is 1. The summed E-state index contributed by atoms with van der Waals surface area (Å²) in [7, 11) is 0. The van der Waals surface area contributed by atoms with Crippen LogP contribution in [0.25, 0.3) is 10.9 Å². The number of halogens is 1. The molecule has 3 aromatic rings. The molecule has 0 spiro atoms. The zero-order valence-electron chi connectivity index (χ0n) is 20.2. The number of aliphatic hydroxyl groups is 1. The lowest BCUT2D eigenvalue weighted by Gasteiger charge is -2.20. The topological polar surface area (TPSA) is 120 Å². The molecule has 1 aromatic heterocycles. The van der Waals surface area contributed by atoms with Gasteiger partial charge in [0.25, 0.3) is 0 Å². The van der Waals surface area contributed by atoms with Gasteiger partial charge in [0.1, 0.15) is 41.8 Å². The van der Waals surface area contributed by atoms with E-state index in [0.717, 1.165) is 38.8 Å². The Morgan fingerprint density at radius 2 is 2.03 bits per heavy atom. The predicted octanol–water partition coefficient (Wildman–Crippen LogP) is 4.16. The van der Waals surface area contributed by atoms with E-state index in [0.29, 0.717) is 28.9 Å². The number of carbonyl (C=O) groups is 1. The standard InChI is InChI=1S/C27H28FN5O4/c28-22-12-20(5-6-23(22)32-27(35)31-18-3-4-18)37-25-7-8-30-24-13-26(17(14-29)11-21(24)25)36-16-19(34)15-33-9-1-2-10-33/h5-8,11-13,18-19,34H,1-4,9-10,15-16H2,(H2,31,32,35)/t19-/m1/s1. The van der Waals surface area contributed by atoms with Crippen LogP contribution in [0.5, 0.6) is 17.2 Å². The van der Waals surface area contributed by atoms with E-state index in [1.54, 1.807) is 30.5 Å². The maximum Gasteiger partial charge on any atom is 0.319 e. The molecule has 0 bridgehead atoms. The third-order valence-corrected chi connectivity index (χ3v) is 6.35. The molecule has 1 saturated carbocycles. The Morgan fingerprint density at radius 3 is 2.76 bits per heavy atom. The van der Waals surface area contributed by atoms with Gasteiger partial charge in [-0.2, -0.15) is 5.26 Å². The van der Waals surface area contributed by atoms with Gasteiger partial charge >= 0.3 is 6.03 Å². The number of hydrogen-bond donors (Lipinski definition) is 3. The van der Waals surface area contributed by atoms with Crippen LogP contribution < -0.4 is 20.1 Å². The summed E-state index contributed by atoms with van der Waals surface area (Å²) in [6, 6.07) is 10.9. The minimum atomic E-state index is -0.671. The number of likely N-dealkylation sites (tertiary alicyclic amines) is 1. The highest BCUT2D eigenvalue weighted by Gasteiger charge is 2.23. The number of aromatic nitrogens is 1. The number of carbonyl (C=O) groups excluding carboxylic acids is 1. The fourth-order valence-electron chi connectivity index (χ4n) is 4.31. The Hall–Kier alpha value is -3.94. The van der Waals surface area contributed by atoms with E-state index in [-0.39, 0.29) is 29.6 Å². The van der Waals surface area contributed by atoms with Crippen LogP contribution in [0.2, 0.25) is 0 Å². The molecule has 1 aliphatic carbocycles. The molecular formula is C27H28FN5O4. The number of ether oxygens (including phenoxy) is 2. The number of aliphatic hydroxyl groups excluding tert-OH is 1. The van der Waals surface area contributed by atoms with Gasteiger partial charge in [-0.15, -0.1) is 0 Å². The average Bonchev–Trinajstić information content (AvgIpc) is 3.55. The van der Waals surface area contributed by atoms with Crippen LogP contribution in [-0.4, -0.2) is 59.4 Å². The molecule has 2 fully saturated rings. The SMILES string of the molecule is N#Cc1cc2c(Oc3ccc(NC(=O)NC4CC4)c(F)c3)ccnc2cc1OC[C@H](O)CN1CCCC1. The number of rotatable bonds is 9. The van der Waals surface area contributed by atoms with Gasteiger partial charge in [-0.1, -0.05) is 0 Å². The van der Waals surface area contributed by atoms with Gasteiger partial charge in [0, 0.05) is 36.3 Å². The molecule has 2 aliphatic rings. The molecule has 2 aromatic carbocycles. The predicted molar refractivity (Wildman–Crippen MR) is 135 cm³/mol. The number of β-amino-alcohol motifs (C(OH)–C–C–N with tert-alkyl or cyclic N) is 1. The second-order valence-electron chi connectivity index (χ2n) is 9.38. The molecule has 3 N–H and O–H groups in total. The summed E-state index contributed by atoms with van der Waals surface area (Å²) >= 11 is 0. The van der Waals surface area contributed by atoms with Crippen molar-refractivity contribution in [3.63, 3.8) is 0 Å². The summed E-state index contributed by atoms with van der Waals surface area (Å²) < 4.78 is 26.3. The van der Waals surface area contributed by atoms with E-state index in [4.69, 9.17) is 9.47 Å². The highest BCUT2D eigenvalue weighted by molar-refractivity contribution is 5.90. The molecule has 0 radical (unpaired) electrons. The fraction of sp³-hybridized carbons (Fsp3) is 0.370. The molecule has 10 heteroatoms. The van der Waals surface area contributed by atoms with Crippen LogP contribution in [0.3, 0.4) is 0 Å². The molecular weight excluding hydrogens is 477 g/mol. The largest absolute Gasteiger partial charge is 0.489 e. The number of fused-ring (bicyclic) bond motifs is 1. The van der Waals surface area contributed by atoms with Crippen molar-refractivity contribution in [2.24, 2.45) is 0 Å². The number of benzene rings is 2. The first-order valence-electron chi connectivity index (χ1n) is 12.4. The number of nitriles is 1. The van der Waals surface area contributed by atoms with E-state index in [1.165, 1.54) is 12.1 Å². The number of nitrogens with zero attached hydrogens (tertiary/aromatic N) is 3. The highest BCUT2D eigenvalue weighted by atomic mass is 19.1. The van der Waals surface area contributed by atoms with Crippen molar-refractivity contribution in [2.75, 3.05) is 31.6 Å². The van der Waals surface area contributed by atoms with Gasteiger partial charge in [-0.25, -0.2) is 9.18 Å². The molecule has 192 valence electrons. The quantitative estimate of drug-likeness (QED) is 0.400. The first kappa shape index (κ1) is 24.7. The van der Waals surface area contributed by atoms with Gasteiger partial charge in [0.15, 0.2) is 0 Å². The first-order chi connectivity index (χ1) is 18.0. The van der Waals surface area contributed by atoms with Gasteiger partial charge < -0.3 is 30.1 Å². The van der Waals surface area contributed by atoms with Crippen LogP contribution >= 0.6 is 0 Å². The Bertz CT molecular complexity index is 1330. The van der Waals surface area contributed by atoms with Crippen molar-refractivity contribution >= 4 is 22.6 Å². The van der Waals surface area contributed by atoms with Gasteiger partial charge in [0.2, 0.25) is 0 Å². The van der Waals surface area contributed by atoms with Gasteiger partial charge in [0.05, 0.1) is 16.8 Å². The normalized spacial score (nSPS) is 16.2. The van der Waals surface area contributed by atoms with Crippen molar-refractivity contribution in [3.8, 4) is 23.3 Å². The lowest BCUT2D eigenvalue weighted by atomic mass is 10.1. The van der Waals surface area contributed by atoms with E-state index >= 15 is 0 Å². The maximum absolute atomic E-state index is 14.6. The van der Waals surface area contributed by atoms with Gasteiger partial charge in [-0.05, 0) is 63.0 Å². The fourth-order valence-corrected chi connectivity index (χ4v) is 4.31. The van der Waals surface area contributed by atoms with Crippen molar-refractivity contribution in [1.82, 2.24) is 15.2 Å². The Kier molecular flexibility index (Phi) is 7.35. The minimum absolute atomic E-state index is 0.0468. The molecule has 37 heavy (non-hydrogen) atoms. The average molecular weight is 506 g/mol. The Labute approximate surface area is 213 Å². The van der Waals surface area contributed by atoms with Crippen LogP contribution in [0, 0.1) is 17.1 Å². The van der Waals surface area contributed by atoms with Crippen LogP contribution in [0.4, 0.5) is 14.9 Å². The van der Waals surface area contributed by atoms with Crippen molar-refractivity contribution in [3.05, 3.63) is 54.0 Å². The molecule has 9 nitrogen and oxygen atoms in total. The molecule has 5 rings (SSSR count). The van der Waals surface area contributed by atoms with E-state index < -0.39 is 18.0 Å². The summed E-state index contributed by atoms with van der Waals surface area (Å²) in [5, 5.41) is 25.8. The third kappa shape index (κ3) is 6.25. The highest BCUT2D eigenvalue weighted by Crippen LogP contribution is 2.34. The summed E-state index contributed by atoms with van der Waals surface area (Å²) in [4.78, 5) is 18.5. The summed E-state index contributed by atoms with van der Waals surface area (Å²) in [6.07, 6.45) is 5.02. The van der Waals surface area contributed by atoms with E-state index in [1.807, 2.05) is 0 Å². The second kappa shape index (κ2) is 11.0. The van der Waals surface area contributed by atoms with Crippen molar-refractivity contribution < 1.29 is 23.8 Å². The minimum Gasteiger partial charge on any atom is -0.489 e. The first-order valence-corrected chi connectivity index (χ1v) is 12.4. The Balaban J connectivity index is 1.29. The maximum atomic E-state index is 14.6. The zero-order valence-corrected chi connectivity index (χ0v) is 20.2. The number of amides is 2. The monoisotopic (exact) mass is 505 g/mol. The molecule has 2 amide bonds. The number of hydrogen-bond acceptors (Lipinski definition) is 7. The van der Waals surface area contributed by atoms with Crippen LogP contribution in [0.1, 0.15) is 31.2 Å². The summed E-state index contributed by atoms with van der Waals surface area (Å²) in [6.45, 7) is 2.54. The zero-order chi connectivity index (χ0) is 25.8. The molecule has 1 atom stereocenters. The van der Waals surface area contributed by atoms with Gasteiger partial charge in [-0.3, -0.25) is 4.98 Å². The second-order valence-corrected chi connectivity index (χ2v) is 9.38. The van der Waals surface area contributed by atoms with Crippen LogP contribution in [-0.2, 0) is 0 Å². The van der Waals surface area contributed by atoms with Crippen molar-refractivity contribution in [1.29, 1.82) is 5.26 Å². The lowest BCUT2D eigenvalue weighted by molar-refractivity contribution is 0.0758. The summed E-state index contributed by atoms with van der Waals surface area (Å²) in [5.41, 5.74) is 0.840. The number of nitrogens with one attached hydrogen (secondary N) is 2.